The molecule has 0 saturated carbocycles. The van der Waals surface area contributed by atoms with Gasteiger partial charge in [-0.25, -0.2) is 4.98 Å². The molecule has 2 aliphatic heterocycles. The minimum Gasteiger partial charge on any atom is -0.338 e. The third kappa shape index (κ3) is 2.74. The van der Waals surface area contributed by atoms with E-state index >= 15 is 0 Å². The molecule has 0 bridgehead atoms. The van der Waals surface area contributed by atoms with Gasteiger partial charge in [-0.2, -0.15) is 0 Å². The maximum Gasteiger partial charge on any atom is 0.254 e. The van der Waals surface area contributed by atoms with E-state index in [4.69, 9.17) is 0 Å². The Morgan fingerprint density at radius 3 is 3.05 bits per heavy atom. The highest BCUT2D eigenvalue weighted by Crippen LogP contribution is 2.30. The third-order valence-electron chi connectivity index (χ3n) is 4.61. The van der Waals surface area contributed by atoms with Crippen molar-refractivity contribution in [2.75, 3.05) is 26.7 Å². The summed E-state index contributed by atoms with van der Waals surface area (Å²) in [6, 6.07) is 4.27. The summed E-state index contributed by atoms with van der Waals surface area (Å²) in [6.07, 6.45) is 5.27. The summed E-state index contributed by atoms with van der Waals surface area (Å²) in [5, 5.41) is 0. The Morgan fingerprint density at radius 1 is 1.40 bits per heavy atom. The van der Waals surface area contributed by atoms with Gasteiger partial charge in [-0.15, -0.1) is 0 Å². The highest BCUT2D eigenvalue weighted by atomic mass is 79.9. The zero-order valence-corrected chi connectivity index (χ0v) is 13.3. The molecule has 1 aromatic heterocycles. The molecule has 2 atom stereocenters. The van der Waals surface area contributed by atoms with Crippen molar-refractivity contribution >= 4 is 21.8 Å². The van der Waals surface area contributed by atoms with Gasteiger partial charge in [-0.1, -0.05) is 0 Å². The molecule has 0 N–H and O–H groups in total. The molecule has 1 amide bonds. The van der Waals surface area contributed by atoms with Crippen molar-refractivity contribution in [3.05, 3.63) is 28.5 Å². The lowest BCUT2D eigenvalue weighted by atomic mass is 9.84. The zero-order chi connectivity index (χ0) is 14.1. The second-order valence-corrected chi connectivity index (χ2v) is 6.67. The molecule has 3 heterocycles. The highest BCUT2D eigenvalue weighted by Gasteiger charge is 2.35. The van der Waals surface area contributed by atoms with Crippen LogP contribution < -0.4 is 0 Å². The average Bonchev–Trinajstić information content (AvgIpc) is 2.46. The molecule has 0 aliphatic carbocycles. The van der Waals surface area contributed by atoms with Crippen molar-refractivity contribution in [3.63, 3.8) is 0 Å². The number of piperidine rings is 2. The SMILES string of the molecule is CN1CCCC2CN(C(=O)c3ccnc(Br)c3)CCC21. The van der Waals surface area contributed by atoms with E-state index in [1.54, 1.807) is 18.3 Å². The van der Waals surface area contributed by atoms with Crippen molar-refractivity contribution in [1.82, 2.24) is 14.8 Å². The standard InChI is InChI=1S/C15H20BrN3O/c1-18-7-2-3-12-10-19(8-5-13(12)18)15(20)11-4-6-17-14(16)9-11/h4,6,9,12-13H,2-3,5,7-8,10H2,1H3. The lowest BCUT2D eigenvalue weighted by Crippen LogP contribution is -2.53. The fourth-order valence-electron chi connectivity index (χ4n) is 3.56. The predicted molar refractivity (Wildman–Crippen MR) is 81.6 cm³/mol. The first-order chi connectivity index (χ1) is 9.65. The number of carbonyl (C=O) groups is 1. The van der Waals surface area contributed by atoms with Crippen LogP contribution in [0.5, 0.6) is 0 Å². The largest absolute Gasteiger partial charge is 0.338 e. The number of likely N-dealkylation sites (tertiary alicyclic amines) is 2. The number of halogens is 1. The molecule has 3 rings (SSSR count). The van der Waals surface area contributed by atoms with E-state index in [2.05, 4.69) is 32.9 Å². The molecule has 2 unspecified atom stereocenters. The molecule has 0 aromatic carbocycles. The number of amides is 1. The normalized spacial score (nSPS) is 27.2. The smallest absolute Gasteiger partial charge is 0.254 e. The minimum absolute atomic E-state index is 0.139. The number of pyridine rings is 1. The summed E-state index contributed by atoms with van der Waals surface area (Å²) in [4.78, 5) is 21.1. The molecule has 5 heteroatoms. The van der Waals surface area contributed by atoms with Gasteiger partial charge in [0.25, 0.3) is 5.91 Å². The van der Waals surface area contributed by atoms with Crippen molar-refractivity contribution in [3.8, 4) is 0 Å². The Labute approximate surface area is 128 Å². The summed E-state index contributed by atoms with van der Waals surface area (Å²) >= 11 is 3.33. The number of hydrogen-bond acceptors (Lipinski definition) is 3. The summed E-state index contributed by atoms with van der Waals surface area (Å²) in [5.74, 6) is 0.775. The Kier molecular flexibility index (Phi) is 4.08. The van der Waals surface area contributed by atoms with Crippen molar-refractivity contribution in [2.24, 2.45) is 5.92 Å². The van der Waals surface area contributed by atoms with E-state index in [1.165, 1.54) is 19.4 Å². The van der Waals surface area contributed by atoms with Crippen LogP contribution in [0.25, 0.3) is 0 Å². The van der Waals surface area contributed by atoms with Crippen LogP contribution in [0.15, 0.2) is 22.9 Å². The lowest BCUT2D eigenvalue weighted by Gasteiger charge is -2.46. The van der Waals surface area contributed by atoms with Crippen LogP contribution in [0.3, 0.4) is 0 Å². The second kappa shape index (κ2) is 5.82. The van der Waals surface area contributed by atoms with E-state index in [-0.39, 0.29) is 5.91 Å². The molecular weight excluding hydrogens is 318 g/mol. The number of fused-ring (bicyclic) bond motifs is 1. The van der Waals surface area contributed by atoms with E-state index in [0.717, 1.165) is 29.7 Å². The highest BCUT2D eigenvalue weighted by molar-refractivity contribution is 9.10. The zero-order valence-electron chi connectivity index (χ0n) is 11.8. The molecule has 2 fully saturated rings. The van der Waals surface area contributed by atoms with Crippen LogP contribution in [-0.2, 0) is 0 Å². The number of nitrogens with zero attached hydrogens (tertiary/aromatic N) is 3. The quantitative estimate of drug-likeness (QED) is 0.738. The fraction of sp³-hybridized carbons (Fsp3) is 0.600. The van der Waals surface area contributed by atoms with Crippen molar-refractivity contribution in [1.29, 1.82) is 0 Å². The molecule has 4 nitrogen and oxygen atoms in total. The first-order valence-electron chi connectivity index (χ1n) is 7.26. The van der Waals surface area contributed by atoms with Gasteiger partial charge in [-0.05, 0) is 66.8 Å². The van der Waals surface area contributed by atoms with Crippen LogP contribution in [0.2, 0.25) is 0 Å². The Balaban J connectivity index is 1.71. The van der Waals surface area contributed by atoms with Gasteiger partial charge in [0.1, 0.15) is 4.60 Å². The van der Waals surface area contributed by atoms with Gasteiger partial charge in [0.05, 0.1) is 0 Å². The number of rotatable bonds is 1. The maximum atomic E-state index is 12.6. The van der Waals surface area contributed by atoms with Gasteiger partial charge in [0.2, 0.25) is 0 Å². The minimum atomic E-state index is 0.139. The molecule has 0 radical (unpaired) electrons. The van der Waals surface area contributed by atoms with Crippen LogP contribution in [0, 0.1) is 5.92 Å². The Morgan fingerprint density at radius 2 is 2.25 bits per heavy atom. The number of carbonyl (C=O) groups excluding carboxylic acids is 1. The van der Waals surface area contributed by atoms with E-state index in [0.29, 0.717) is 12.0 Å². The monoisotopic (exact) mass is 337 g/mol. The summed E-state index contributed by atoms with van der Waals surface area (Å²) in [7, 11) is 2.22. The van der Waals surface area contributed by atoms with Crippen LogP contribution in [0.1, 0.15) is 29.6 Å². The van der Waals surface area contributed by atoms with Crippen molar-refractivity contribution < 1.29 is 4.79 Å². The summed E-state index contributed by atoms with van der Waals surface area (Å²) in [5.41, 5.74) is 0.731. The first-order valence-corrected chi connectivity index (χ1v) is 8.05. The molecule has 2 aliphatic rings. The summed E-state index contributed by atoms with van der Waals surface area (Å²) in [6.45, 7) is 2.96. The molecule has 0 spiro atoms. The van der Waals surface area contributed by atoms with E-state index < -0.39 is 0 Å². The number of aromatic nitrogens is 1. The Bertz CT molecular complexity index is 508. The second-order valence-electron chi connectivity index (χ2n) is 5.86. The van der Waals surface area contributed by atoms with Crippen molar-refractivity contribution in [2.45, 2.75) is 25.3 Å². The molecule has 108 valence electrons. The van der Waals surface area contributed by atoms with Gasteiger partial charge in [0, 0.05) is 30.9 Å². The lowest BCUT2D eigenvalue weighted by molar-refractivity contribution is 0.0317. The average molecular weight is 338 g/mol. The van der Waals surface area contributed by atoms with Gasteiger partial charge >= 0.3 is 0 Å². The number of hydrogen-bond donors (Lipinski definition) is 0. The predicted octanol–water partition coefficient (Wildman–Crippen LogP) is 2.40. The molecular formula is C15H20BrN3O. The first kappa shape index (κ1) is 14.0. The van der Waals surface area contributed by atoms with E-state index in [1.807, 2.05) is 4.90 Å². The van der Waals surface area contributed by atoms with Gasteiger partial charge < -0.3 is 9.80 Å². The van der Waals surface area contributed by atoms with Gasteiger partial charge in [-0.3, -0.25) is 4.79 Å². The topological polar surface area (TPSA) is 36.4 Å². The molecule has 1 aromatic rings. The van der Waals surface area contributed by atoms with Crippen LogP contribution in [-0.4, -0.2) is 53.4 Å². The van der Waals surface area contributed by atoms with E-state index in [9.17, 15) is 4.79 Å². The molecule has 2 saturated heterocycles. The fourth-order valence-corrected chi connectivity index (χ4v) is 3.92. The van der Waals surface area contributed by atoms with Crippen LogP contribution in [0.4, 0.5) is 0 Å². The maximum absolute atomic E-state index is 12.6. The summed E-state index contributed by atoms with van der Waals surface area (Å²) < 4.78 is 0.718. The van der Waals surface area contributed by atoms with Crippen LogP contribution >= 0.6 is 15.9 Å². The van der Waals surface area contributed by atoms with Gasteiger partial charge in [0.15, 0.2) is 0 Å². The Hall–Kier alpha value is -0.940. The third-order valence-corrected chi connectivity index (χ3v) is 5.04. The molecule has 20 heavy (non-hydrogen) atoms.